The van der Waals surface area contributed by atoms with Crippen molar-refractivity contribution in [2.24, 2.45) is 0 Å². The number of aromatic nitrogens is 10. The average molecular weight is 807 g/mol. The molecule has 12 nitrogen and oxygen atoms in total. The smallest absolute Gasteiger partial charge is 0.158 e. The van der Waals surface area contributed by atoms with Gasteiger partial charge in [0, 0.05) is 51.7 Å². The maximum absolute atomic E-state index is 15.3. The number of nitrogens with one attached hydrogen (secondary N) is 1. The standard InChI is InChI=1S/C25H27FN6.C21H21FN6/c1-3-31-8-6-17(7-9-31)22-13-20-21(26)10-18(11-24(20)29-28-22)23-12-19(16-4-5-16)25-27-15(2)14-32(25)30-23;1-12-10-28-11-20(25-21(28)13(2)24-12)15-7-17(22)16-9-18(26-27-19(16)8-15)14-3-5-23-6-4-14/h10-14,16-17H,3-9H2,1-2H3;7-11,14,23H,3-6H2,1-2H3. The number of hydrogen-bond donors (Lipinski definition) is 1. The third-order valence-corrected chi connectivity index (χ3v) is 12.5. The Morgan fingerprint density at radius 3 is 1.87 bits per heavy atom. The molecule has 60 heavy (non-hydrogen) atoms. The molecule has 0 amide bonds. The van der Waals surface area contributed by atoms with Crippen LogP contribution in [0.2, 0.25) is 0 Å². The fraction of sp³-hybridized carbons (Fsp3) is 0.391. The second-order valence-electron chi connectivity index (χ2n) is 16.8. The molecular formula is C46H48F2N12. The Kier molecular flexibility index (Phi) is 9.99. The number of hydrogen-bond acceptors (Lipinski definition) is 10. The summed E-state index contributed by atoms with van der Waals surface area (Å²) in [7, 11) is 0. The van der Waals surface area contributed by atoms with Gasteiger partial charge in [0.15, 0.2) is 11.3 Å². The van der Waals surface area contributed by atoms with Gasteiger partial charge in [0.25, 0.3) is 0 Å². The van der Waals surface area contributed by atoms with Gasteiger partial charge in [-0.05, 0) is 140 Å². The van der Waals surface area contributed by atoms with Gasteiger partial charge in [-0.2, -0.15) is 25.5 Å². The van der Waals surface area contributed by atoms with Gasteiger partial charge in [0.1, 0.15) is 11.6 Å². The number of aryl methyl sites for hydroxylation is 3. The van der Waals surface area contributed by atoms with Crippen LogP contribution in [0.1, 0.15) is 97.2 Å². The summed E-state index contributed by atoms with van der Waals surface area (Å²) in [5.74, 6) is 0.655. The Balaban J connectivity index is 0.000000146. The average Bonchev–Trinajstić information content (AvgIpc) is 3.90. The Morgan fingerprint density at radius 1 is 0.617 bits per heavy atom. The highest BCUT2D eigenvalue weighted by atomic mass is 19.1. The molecule has 0 unspecified atom stereocenters. The molecule has 0 bridgehead atoms. The molecule has 8 heterocycles. The molecule has 306 valence electrons. The first-order valence-corrected chi connectivity index (χ1v) is 21.2. The molecule has 11 rings (SSSR count). The molecule has 3 aliphatic rings. The fourth-order valence-corrected chi connectivity index (χ4v) is 8.99. The summed E-state index contributed by atoms with van der Waals surface area (Å²) < 4.78 is 34.0. The number of benzene rings is 2. The molecule has 2 aliphatic heterocycles. The normalized spacial score (nSPS) is 16.9. The number of piperidine rings is 2. The van der Waals surface area contributed by atoms with Crippen molar-refractivity contribution >= 4 is 33.1 Å². The van der Waals surface area contributed by atoms with Crippen LogP contribution in [-0.4, -0.2) is 87.0 Å². The number of nitrogens with zero attached hydrogens (tertiary/aromatic N) is 11. The fourth-order valence-electron chi connectivity index (χ4n) is 8.99. The Hall–Kier alpha value is -5.86. The van der Waals surface area contributed by atoms with Crippen LogP contribution in [0.3, 0.4) is 0 Å². The van der Waals surface area contributed by atoms with E-state index in [9.17, 15) is 4.39 Å². The second kappa shape index (κ2) is 15.6. The lowest BCUT2D eigenvalue weighted by atomic mass is 9.92. The van der Waals surface area contributed by atoms with Gasteiger partial charge in [-0.15, -0.1) is 0 Å². The van der Waals surface area contributed by atoms with Gasteiger partial charge in [-0.1, -0.05) is 6.92 Å². The van der Waals surface area contributed by atoms with Crippen molar-refractivity contribution in [2.75, 3.05) is 32.7 Å². The van der Waals surface area contributed by atoms with Crippen molar-refractivity contribution in [3.8, 4) is 22.5 Å². The van der Waals surface area contributed by atoms with Crippen molar-refractivity contribution < 1.29 is 8.78 Å². The van der Waals surface area contributed by atoms with E-state index in [2.05, 4.69) is 58.6 Å². The van der Waals surface area contributed by atoms with Crippen LogP contribution in [0, 0.1) is 32.4 Å². The highest BCUT2D eigenvalue weighted by molar-refractivity contribution is 5.85. The van der Waals surface area contributed by atoms with E-state index in [0.29, 0.717) is 50.8 Å². The summed E-state index contributed by atoms with van der Waals surface area (Å²) in [6, 6.07) is 12.7. The van der Waals surface area contributed by atoms with Crippen LogP contribution in [-0.2, 0) is 0 Å². The molecule has 2 saturated heterocycles. The van der Waals surface area contributed by atoms with Crippen LogP contribution in [0.15, 0.2) is 61.1 Å². The zero-order valence-corrected chi connectivity index (χ0v) is 34.5. The highest BCUT2D eigenvalue weighted by Gasteiger charge is 2.28. The summed E-state index contributed by atoms with van der Waals surface area (Å²) in [6.45, 7) is 13.2. The summed E-state index contributed by atoms with van der Waals surface area (Å²) in [5, 5.41) is 26.8. The predicted molar refractivity (Wildman–Crippen MR) is 228 cm³/mol. The molecule has 8 aromatic rings. The van der Waals surface area contributed by atoms with Crippen molar-refractivity contribution in [1.29, 1.82) is 0 Å². The first kappa shape index (κ1) is 38.3. The van der Waals surface area contributed by atoms with Crippen molar-refractivity contribution in [1.82, 2.24) is 59.6 Å². The number of halogens is 2. The van der Waals surface area contributed by atoms with E-state index < -0.39 is 0 Å². The summed E-state index contributed by atoms with van der Waals surface area (Å²) in [4.78, 5) is 16.2. The third kappa shape index (κ3) is 7.47. The summed E-state index contributed by atoms with van der Waals surface area (Å²) >= 11 is 0. The molecule has 0 atom stereocenters. The van der Waals surface area contributed by atoms with Crippen LogP contribution >= 0.6 is 0 Å². The third-order valence-electron chi connectivity index (χ3n) is 12.5. The monoisotopic (exact) mass is 806 g/mol. The zero-order valence-electron chi connectivity index (χ0n) is 34.5. The molecule has 6 aromatic heterocycles. The SMILES string of the molecule is CCN1CCC(c2cc3c(F)cc(-c4cc(C5CC5)c5nc(C)cn5n4)cc3nn2)CC1.Cc1cn2cc(-c3cc(F)c4cc(C5CCNCC5)nnc4c3)nc2c(C)n1. The van der Waals surface area contributed by atoms with Crippen LogP contribution in [0.5, 0.6) is 0 Å². The summed E-state index contributed by atoms with van der Waals surface area (Å²) in [6.07, 6.45) is 12.2. The van der Waals surface area contributed by atoms with Gasteiger partial charge in [0.05, 0.1) is 57.1 Å². The van der Waals surface area contributed by atoms with E-state index in [-0.39, 0.29) is 11.6 Å². The largest absolute Gasteiger partial charge is 0.317 e. The Labute approximate surface area is 346 Å². The minimum Gasteiger partial charge on any atom is -0.317 e. The number of rotatable bonds is 6. The van der Waals surface area contributed by atoms with Crippen LogP contribution < -0.4 is 5.32 Å². The van der Waals surface area contributed by atoms with Crippen molar-refractivity contribution in [3.63, 3.8) is 0 Å². The first-order chi connectivity index (χ1) is 29.2. The van der Waals surface area contributed by atoms with Gasteiger partial charge in [0.2, 0.25) is 0 Å². The maximum atomic E-state index is 15.3. The predicted octanol–water partition coefficient (Wildman–Crippen LogP) is 8.43. The summed E-state index contributed by atoms with van der Waals surface area (Å²) in [5.41, 5.74) is 11.3. The molecule has 0 spiro atoms. The van der Waals surface area contributed by atoms with Gasteiger partial charge < -0.3 is 14.6 Å². The van der Waals surface area contributed by atoms with Crippen LogP contribution in [0.4, 0.5) is 8.78 Å². The maximum Gasteiger partial charge on any atom is 0.158 e. The van der Waals surface area contributed by atoms with E-state index in [0.717, 1.165) is 109 Å². The van der Waals surface area contributed by atoms with Gasteiger partial charge in [-0.25, -0.2) is 23.3 Å². The van der Waals surface area contributed by atoms with E-state index in [1.807, 2.05) is 72.5 Å². The molecule has 1 aliphatic carbocycles. The van der Waals surface area contributed by atoms with Crippen molar-refractivity contribution in [3.05, 3.63) is 107 Å². The minimum atomic E-state index is -0.291. The van der Waals surface area contributed by atoms with E-state index in [1.165, 1.54) is 24.5 Å². The first-order valence-electron chi connectivity index (χ1n) is 21.2. The van der Waals surface area contributed by atoms with Gasteiger partial charge >= 0.3 is 0 Å². The molecule has 3 fully saturated rings. The topological polar surface area (TPSA) is 127 Å². The number of likely N-dealkylation sites (tertiary alicyclic amines) is 1. The lowest BCUT2D eigenvalue weighted by molar-refractivity contribution is 0.220. The van der Waals surface area contributed by atoms with E-state index in [4.69, 9.17) is 5.10 Å². The Morgan fingerprint density at radius 2 is 1.23 bits per heavy atom. The lowest BCUT2D eigenvalue weighted by Gasteiger charge is -2.30. The highest BCUT2D eigenvalue weighted by Crippen LogP contribution is 2.43. The molecular weight excluding hydrogens is 759 g/mol. The quantitative estimate of drug-likeness (QED) is 0.175. The molecule has 1 saturated carbocycles. The molecule has 0 radical (unpaired) electrons. The second-order valence-corrected chi connectivity index (χ2v) is 16.8. The Bertz CT molecular complexity index is 2900. The van der Waals surface area contributed by atoms with Crippen LogP contribution in [0.25, 0.3) is 55.6 Å². The molecule has 1 N–H and O–H groups in total. The minimum absolute atomic E-state index is 0.267. The zero-order chi connectivity index (χ0) is 41.1. The lowest BCUT2D eigenvalue weighted by Crippen LogP contribution is -2.32. The number of imidazole rings is 2. The molecule has 14 heteroatoms. The van der Waals surface area contributed by atoms with Gasteiger partial charge in [-0.3, -0.25) is 4.98 Å². The van der Waals surface area contributed by atoms with E-state index >= 15 is 4.39 Å². The van der Waals surface area contributed by atoms with Crippen molar-refractivity contribution in [2.45, 2.75) is 84.0 Å². The number of fused-ring (bicyclic) bond motifs is 4. The van der Waals surface area contributed by atoms with E-state index in [1.54, 1.807) is 6.07 Å². The molecule has 2 aromatic carbocycles.